The number of aromatic amines is 2. The van der Waals surface area contributed by atoms with Gasteiger partial charge in [-0.15, -0.1) is 0 Å². The maximum atomic E-state index is 13.9. The number of hydrogen-bond acceptors (Lipinski definition) is 3. The van der Waals surface area contributed by atoms with Crippen LogP contribution in [-0.4, -0.2) is 56.4 Å². The molecule has 8 heteroatoms. The largest absolute Gasteiger partial charge is 0.350 e. The molecule has 3 aromatic rings. The Kier molecular flexibility index (Phi) is 3.75. The summed E-state index contributed by atoms with van der Waals surface area (Å²) in [6.45, 7) is 0.808. The van der Waals surface area contributed by atoms with Crippen molar-refractivity contribution in [3.05, 3.63) is 52.7 Å². The Morgan fingerprint density at radius 2 is 2.14 bits per heavy atom. The second-order valence-corrected chi connectivity index (χ2v) is 7.53. The quantitative estimate of drug-likeness (QED) is 0.731. The first kappa shape index (κ1) is 17.0. The minimum atomic E-state index is -0.362. The minimum absolute atomic E-state index is 0.0850. The van der Waals surface area contributed by atoms with Gasteiger partial charge in [-0.3, -0.25) is 14.7 Å². The van der Waals surface area contributed by atoms with Gasteiger partial charge in [-0.1, -0.05) is 6.07 Å². The number of amides is 2. The third-order valence-electron chi connectivity index (χ3n) is 5.68. The lowest BCUT2D eigenvalue weighted by atomic mass is 10.0. The molecule has 1 aromatic carbocycles. The van der Waals surface area contributed by atoms with E-state index in [1.54, 1.807) is 35.0 Å². The number of nitrogens with one attached hydrogen (secondary N) is 2. The van der Waals surface area contributed by atoms with Crippen LogP contribution in [0.5, 0.6) is 0 Å². The fourth-order valence-corrected chi connectivity index (χ4v) is 3.85. The van der Waals surface area contributed by atoms with E-state index in [2.05, 4.69) is 15.2 Å². The highest BCUT2D eigenvalue weighted by Crippen LogP contribution is 2.29. The van der Waals surface area contributed by atoms with Gasteiger partial charge in [-0.25, -0.2) is 4.39 Å². The predicted molar refractivity (Wildman–Crippen MR) is 100 cm³/mol. The Bertz CT molecular complexity index is 1100. The maximum Gasteiger partial charge on any atom is 0.272 e. The topological polar surface area (TPSA) is 85.1 Å². The van der Waals surface area contributed by atoms with Gasteiger partial charge in [-0.05, 0) is 31.0 Å². The van der Waals surface area contributed by atoms with Crippen molar-refractivity contribution in [1.82, 2.24) is 25.0 Å². The van der Waals surface area contributed by atoms with Crippen molar-refractivity contribution in [2.75, 3.05) is 13.6 Å². The highest BCUT2D eigenvalue weighted by molar-refractivity contribution is 5.99. The molecule has 2 aliphatic rings. The molecule has 7 nitrogen and oxygen atoms in total. The summed E-state index contributed by atoms with van der Waals surface area (Å²) in [5.74, 6) is -0.658. The summed E-state index contributed by atoms with van der Waals surface area (Å²) in [4.78, 5) is 32.2. The second kappa shape index (κ2) is 6.19. The Balaban J connectivity index is 1.41. The molecular formula is C20H20FN5O2. The standard InChI is InChI=1S/C20H20FN5O2/c1-25(11-5-6-11)20(28)18-13-10-26(8-7-16(13)23-24-18)19(27)17-9-12-14(21)3-2-4-15(12)22-17/h2-4,9,11,22H,5-8,10H2,1H3,(H,23,24). The fraction of sp³-hybridized carbons (Fsp3) is 0.350. The van der Waals surface area contributed by atoms with E-state index in [1.165, 1.54) is 6.07 Å². The van der Waals surface area contributed by atoms with E-state index >= 15 is 0 Å². The fourth-order valence-electron chi connectivity index (χ4n) is 3.85. The number of hydrogen-bond donors (Lipinski definition) is 2. The molecule has 0 saturated heterocycles. The van der Waals surface area contributed by atoms with E-state index in [9.17, 15) is 14.0 Å². The number of H-pyrrole nitrogens is 2. The van der Waals surface area contributed by atoms with Crippen molar-refractivity contribution in [1.29, 1.82) is 0 Å². The van der Waals surface area contributed by atoms with Crippen molar-refractivity contribution in [3.63, 3.8) is 0 Å². The lowest BCUT2D eigenvalue weighted by Gasteiger charge is -2.27. The molecule has 0 unspecified atom stereocenters. The first-order valence-electron chi connectivity index (χ1n) is 9.42. The Hall–Kier alpha value is -3.16. The van der Waals surface area contributed by atoms with Gasteiger partial charge in [0.25, 0.3) is 11.8 Å². The molecule has 2 amide bonds. The molecule has 1 aliphatic carbocycles. The van der Waals surface area contributed by atoms with E-state index in [4.69, 9.17) is 0 Å². The van der Waals surface area contributed by atoms with Gasteiger partial charge in [0, 0.05) is 42.5 Å². The third kappa shape index (κ3) is 2.67. The van der Waals surface area contributed by atoms with Crippen LogP contribution in [0.1, 0.15) is 45.1 Å². The van der Waals surface area contributed by atoms with E-state index in [1.807, 2.05) is 0 Å². The van der Waals surface area contributed by atoms with Crippen LogP contribution < -0.4 is 0 Å². The predicted octanol–water partition coefficient (Wildman–Crippen LogP) is 2.46. The summed E-state index contributed by atoms with van der Waals surface area (Å²) in [5.41, 5.74) is 3.00. The zero-order chi connectivity index (χ0) is 19.4. The molecule has 0 atom stereocenters. The van der Waals surface area contributed by atoms with E-state index in [-0.39, 0.29) is 17.6 Å². The number of benzene rings is 1. The number of fused-ring (bicyclic) bond motifs is 2. The van der Waals surface area contributed by atoms with E-state index in [0.29, 0.717) is 47.8 Å². The normalized spacial score (nSPS) is 16.3. The summed E-state index contributed by atoms with van der Waals surface area (Å²) >= 11 is 0. The van der Waals surface area contributed by atoms with Crippen molar-refractivity contribution in [2.24, 2.45) is 0 Å². The van der Waals surface area contributed by atoms with Gasteiger partial charge >= 0.3 is 0 Å². The first-order chi connectivity index (χ1) is 13.5. The van der Waals surface area contributed by atoms with Gasteiger partial charge in [0.2, 0.25) is 0 Å². The summed E-state index contributed by atoms with van der Waals surface area (Å²) < 4.78 is 13.9. The monoisotopic (exact) mass is 381 g/mol. The van der Waals surface area contributed by atoms with Crippen LogP contribution in [0.4, 0.5) is 4.39 Å². The molecule has 1 fully saturated rings. The first-order valence-corrected chi connectivity index (χ1v) is 9.42. The highest BCUT2D eigenvalue weighted by Gasteiger charge is 2.34. The Morgan fingerprint density at radius 1 is 1.32 bits per heavy atom. The highest BCUT2D eigenvalue weighted by atomic mass is 19.1. The zero-order valence-electron chi connectivity index (χ0n) is 15.5. The van der Waals surface area contributed by atoms with Crippen LogP contribution in [0, 0.1) is 5.82 Å². The average molecular weight is 381 g/mol. The number of aromatic nitrogens is 3. The van der Waals surface area contributed by atoms with E-state index < -0.39 is 0 Å². The molecule has 1 saturated carbocycles. The van der Waals surface area contributed by atoms with Crippen molar-refractivity contribution >= 4 is 22.7 Å². The van der Waals surface area contributed by atoms with Crippen LogP contribution in [0.3, 0.4) is 0 Å². The van der Waals surface area contributed by atoms with Gasteiger partial charge in [-0.2, -0.15) is 5.10 Å². The molecule has 28 heavy (non-hydrogen) atoms. The minimum Gasteiger partial charge on any atom is -0.350 e. The molecule has 5 rings (SSSR count). The van der Waals surface area contributed by atoms with Crippen LogP contribution in [-0.2, 0) is 13.0 Å². The smallest absolute Gasteiger partial charge is 0.272 e. The van der Waals surface area contributed by atoms with Gasteiger partial charge in [0.1, 0.15) is 17.2 Å². The molecule has 1 aliphatic heterocycles. The average Bonchev–Trinajstić information content (AvgIpc) is 3.31. The van der Waals surface area contributed by atoms with Crippen LogP contribution in [0.25, 0.3) is 10.9 Å². The van der Waals surface area contributed by atoms with Crippen molar-refractivity contribution in [2.45, 2.75) is 31.8 Å². The summed E-state index contributed by atoms with van der Waals surface area (Å²) in [7, 11) is 1.80. The van der Waals surface area contributed by atoms with Crippen molar-refractivity contribution < 1.29 is 14.0 Å². The summed E-state index contributed by atoms with van der Waals surface area (Å²) in [5, 5.41) is 7.55. The number of halogens is 1. The van der Waals surface area contributed by atoms with Gasteiger partial charge in [0.05, 0.1) is 12.2 Å². The number of rotatable bonds is 3. The Morgan fingerprint density at radius 3 is 2.89 bits per heavy atom. The van der Waals surface area contributed by atoms with Crippen LogP contribution in [0.15, 0.2) is 24.3 Å². The molecule has 3 heterocycles. The lowest BCUT2D eigenvalue weighted by Crippen LogP contribution is -2.37. The molecule has 144 valence electrons. The maximum absolute atomic E-state index is 13.9. The summed E-state index contributed by atoms with van der Waals surface area (Å²) in [6.07, 6.45) is 2.63. The second-order valence-electron chi connectivity index (χ2n) is 7.53. The molecule has 2 N–H and O–H groups in total. The Labute approximate surface area is 160 Å². The molecular weight excluding hydrogens is 361 g/mol. The van der Waals surface area contributed by atoms with Gasteiger partial charge in [0.15, 0.2) is 0 Å². The van der Waals surface area contributed by atoms with Gasteiger partial charge < -0.3 is 14.8 Å². The van der Waals surface area contributed by atoms with Crippen LogP contribution >= 0.6 is 0 Å². The van der Waals surface area contributed by atoms with Crippen LogP contribution in [0.2, 0.25) is 0 Å². The number of carbonyl (C=O) groups is 2. The number of carbonyl (C=O) groups excluding carboxylic acids is 2. The summed E-state index contributed by atoms with van der Waals surface area (Å²) in [6, 6.07) is 6.57. The van der Waals surface area contributed by atoms with E-state index in [0.717, 1.165) is 24.1 Å². The number of nitrogens with zero attached hydrogens (tertiary/aromatic N) is 3. The molecule has 0 radical (unpaired) electrons. The zero-order valence-corrected chi connectivity index (χ0v) is 15.5. The SMILES string of the molecule is CN(C(=O)c1[nH]nc2c1CN(C(=O)c1cc3c(F)cccc3[nH]1)CC2)C1CC1. The molecule has 0 spiro atoms. The third-order valence-corrected chi connectivity index (χ3v) is 5.68. The lowest BCUT2D eigenvalue weighted by molar-refractivity contribution is 0.0717. The van der Waals surface area contributed by atoms with Crippen molar-refractivity contribution in [3.8, 4) is 0 Å². The molecule has 0 bridgehead atoms. The molecule has 2 aromatic heterocycles.